The Balaban J connectivity index is 1.85. The van der Waals surface area contributed by atoms with E-state index in [-0.39, 0.29) is 11.0 Å². The molecule has 0 amide bonds. The van der Waals surface area contributed by atoms with Crippen molar-refractivity contribution in [2.45, 2.75) is 31.6 Å². The summed E-state index contributed by atoms with van der Waals surface area (Å²) >= 11 is 0. The minimum atomic E-state index is -0.990. The molecule has 30 heavy (non-hydrogen) atoms. The van der Waals surface area contributed by atoms with E-state index in [0.29, 0.717) is 36.7 Å². The number of anilines is 1. The van der Waals surface area contributed by atoms with Gasteiger partial charge in [0.25, 0.3) is 0 Å². The van der Waals surface area contributed by atoms with Gasteiger partial charge in [-0.05, 0) is 32.5 Å². The fourth-order valence-electron chi connectivity index (χ4n) is 3.96. The van der Waals surface area contributed by atoms with Crippen molar-refractivity contribution in [2.24, 2.45) is 0 Å². The van der Waals surface area contributed by atoms with Crippen LogP contribution in [0.2, 0.25) is 0 Å². The molecule has 6 nitrogen and oxygen atoms in total. The van der Waals surface area contributed by atoms with Gasteiger partial charge in [0.2, 0.25) is 5.95 Å². The monoisotopic (exact) mass is 414 g/mol. The number of fused-ring (bicyclic) bond motifs is 1. The number of halogens is 3. The molecule has 4 rings (SSSR count). The summed E-state index contributed by atoms with van der Waals surface area (Å²) in [4.78, 5) is 10.7. The van der Waals surface area contributed by atoms with Gasteiger partial charge in [-0.3, -0.25) is 9.55 Å². The molecule has 0 saturated carbocycles. The van der Waals surface area contributed by atoms with Crippen LogP contribution in [0.1, 0.15) is 30.6 Å². The molecule has 0 bridgehead atoms. The summed E-state index contributed by atoms with van der Waals surface area (Å²) in [5, 5.41) is 12.0. The van der Waals surface area contributed by atoms with E-state index in [1.54, 1.807) is 23.7 Å². The molecule has 3 aromatic rings. The van der Waals surface area contributed by atoms with E-state index in [0.717, 1.165) is 6.07 Å². The average Bonchev–Trinajstić information content (AvgIpc) is 3.13. The van der Waals surface area contributed by atoms with Gasteiger partial charge in [0, 0.05) is 31.4 Å². The Morgan fingerprint density at radius 2 is 2.10 bits per heavy atom. The minimum absolute atomic E-state index is 0.161. The van der Waals surface area contributed by atoms with Crippen LogP contribution in [0.4, 0.5) is 19.1 Å². The Labute approximate surface area is 172 Å². The maximum Gasteiger partial charge on any atom is 0.207 e. The number of likely N-dealkylation sites (N-methyl/N-ethyl adjacent to an activating group) is 1. The van der Waals surface area contributed by atoms with Crippen molar-refractivity contribution in [1.82, 2.24) is 19.9 Å². The highest BCUT2D eigenvalue weighted by atomic mass is 19.1. The molecule has 1 aliphatic heterocycles. The standard InChI is InChI=1S/C21H21F3N6/c1-12(17-4-3-13(9-25)10-27-17)30-20-16(24)7-14(22)8-18(20)28-21(30)29-6-5-15(23)19(11-29)26-2/h3-4,7-8,10,12,15,19,26H,5-6,11H2,1-2H3/t12-,15+,19+/m0/s1. The smallest absolute Gasteiger partial charge is 0.207 e. The number of pyridine rings is 1. The van der Waals surface area contributed by atoms with Crippen molar-refractivity contribution in [3.05, 3.63) is 53.4 Å². The number of hydrogen-bond donors (Lipinski definition) is 1. The quantitative estimate of drug-likeness (QED) is 0.709. The summed E-state index contributed by atoms with van der Waals surface area (Å²) in [5.74, 6) is -1.01. The number of nitrogens with zero attached hydrogens (tertiary/aromatic N) is 5. The third-order valence-corrected chi connectivity index (χ3v) is 5.60. The van der Waals surface area contributed by atoms with Crippen molar-refractivity contribution in [1.29, 1.82) is 5.26 Å². The highest BCUT2D eigenvalue weighted by Gasteiger charge is 2.32. The first kappa shape index (κ1) is 20.2. The predicted octanol–water partition coefficient (Wildman–Crippen LogP) is 3.33. The summed E-state index contributed by atoms with van der Waals surface area (Å²) in [5.41, 5.74) is 1.36. The van der Waals surface area contributed by atoms with Crippen molar-refractivity contribution in [3.63, 3.8) is 0 Å². The Morgan fingerprint density at radius 3 is 2.77 bits per heavy atom. The molecule has 0 radical (unpaired) electrons. The number of hydrogen-bond acceptors (Lipinski definition) is 5. The maximum atomic E-state index is 14.8. The van der Waals surface area contributed by atoms with Gasteiger partial charge in [0.1, 0.15) is 23.6 Å². The third-order valence-electron chi connectivity index (χ3n) is 5.60. The molecule has 0 aliphatic carbocycles. The van der Waals surface area contributed by atoms with E-state index in [1.807, 2.05) is 17.9 Å². The Morgan fingerprint density at radius 1 is 1.30 bits per heavy atom. The molecule has 1 aromatic carbocycles. The van der Waals surface area contributed by atoms with Crippen molar-refractivity contribution in [3.8, 4) is 6.07 Å². The summed E-state index contributed by atoms with van der Waals surface area (Å²) in [6.45, 7) is 2.58. The fourth-order valence-corrected chi connectivity index (χ4v) is 3.96. The van der Waals surface area contributed by atoms with Crippen LogP contribution >= 0.6 is 0 Å². The molecule has 156 valence electrons. The van der Waals surface area contributed by atoms with Gasteiger partial charge in [0.05, 0.1) is 28.9 Å². The largest absolute Gasteiger partial charge is 0.340 e. The van der Waals surface area contributed by atoms with Crippen molar-refractivity contribution < 1.29 is 13.2 Å². The van der Waals surface area contributed by atoms with Crippen LogP contribution in [0, 0.1) is 23.0 Å². The molecule has 1 saturated heterocycles. The van der Waals surface area contributed by atoms with Gasteiger partial charge in [0.15, 0.2) is 5.82 Å². The number of benzene rings is 1. The first-order valence-corrected chi connectivity index (χ1v) is 9.72. The molecule has 9 heteroatoms. The molecule has 1 N–H and O–H groups in total. The van der Waals surface area contributed by atoms with Gasteiger partial charge in [-0.1, -0.05) is 0 Å². The number of rotatable bonds is 4. The summed E-state index contributed by atoms with van der Waals surface area (Å²) in [7, 11) is 1.70. The maximum absolute atomic E-state index is 14.8. The first-order valence-electron chi connectivity index (χ1n) is 9.72. The van der Waals surface area contributed by atoms with Crippen LogP contribution in [-0.2, 0) is 0 Å². The second kappa shape index (κ2) is 7.95. The zero-order valence-electron chi connectivity index (χ0n) is 16.6. The molecule has 0 spiro atoms. The number of imidazole rings is 1. The number of alkyl halides is 1. The lowest BCUT2D eigenvalue weighted by molar-refractivity contribution is 0.221. The summed E-state index contributed by atoms with van der Waals surface area (Å²) in [6.07, 6.45) is 0.761. The van der Waals surface area contributed by atoms with Gasteiger partial charge >= 0.3 is 0 Å². The van der Waals surface area contributed by atoms with Crippen LogP contribution in [0.25, 0.3) is 11.0 Å². The number of aromatic nitrogens is 3. The van der Waals surface area contributed by atoms with Crippen LogP contribution in [0.5, 0.6) is 0 Å². The number of piperidine rings is 1. The van der Waals surface area contributed by atoms with Gasteiger partial charge in [-0.15, -0.1) is 0 Å². The van der Waals surface area contributed by atoms with Gasteiger partial charge in [-0.2, -0.15) is 5.26 Å². The lowest BCUT2D eigenvalue weighted by Crippen LogP contribution is -2.51. The highest BCUT2D eigenvalue weighted by Crippen LogP contribution is 2.33. The SMILES string of the molecule is CN[C@@H]1CN(c2nc3cc(F)cc(F)c3n2[C@@H](C)c2ccc(C#N)cn2)CC[C@H]1F. The number of nitrogens with one attached hydrogen (secondary N) is 1. The van der Waals surface area contributed by atoms with Gasteiger partial charge in [-0.25, -0.2) is 18.2 Å². The van der Waals surface area contributed by atoms with E-state index in [2.05, 4.69) is 15.3 Å². The molecule has 3 atom stereocenters. The second-order valence-corrected chi connectivity index (χ2v) is 7.44. The Kier molecular flexibility index (Phi) is 5.35. The summed E-state index contributed by atoms with van der Waals surface area (Å²) in [6, 6.07) is 6.53. The normalized spacial score (nSPS) is 20.3. The summed E-state index contributed by atoms with van der Waals surface area (Å²) < 4.78 is 44.5. The van der Waals surface area contributed by atoms with Crippen LogP contribution in [0.3, 0.4) is 0 Å². The van der Waals surface area contributed by atoms with E-state index in [1.165, 1.54) is 12.3 Å². The molecule has 2 aromatic heterocycles. The highest BCUT2D eigenvalue weighted by molar-refractivity contribution is 5.80. The topological polar surface area (TPSA) is 69.8 Å². The van der Waals surface area contributed by atoms with Crippen molar-refractivity contribution >= 4 is 17.0 Å². The fraction of sp³-hybridized carbons (Fsp3) is 0.381. The van der Waals surface area contributed by atoms with Crippen molar-refractivity contribution in [2.75, 3.05) is 25.0 Å². The number of nitriles is 1. The first-order chi connectivity index (χ1) is 14.4. The molecule has 1 aliphatic rings. The predicted molar refractivity (Wildman–Crippen MR) is 107 cm³/mol. The third kappa shape index (κ3) is 3.48. The van der Waals surface area contributed by atoms with Crippen LogP contribution < -0.4 is 10.2 Å². The lowest BCUT2D eigenvalue weighted by atomic mass is 10.0. The van der Waals surface area contributed by atoms with E-state index in [9.17, 15) is 13.2 Å². The zero-order chi connectivity index (χ0) is 21.4. The van der Waals surface area contributed by atoms with Crippen LogP contribution in [-0.4, -0.2) is 46.9 Å². The minimum Gasteiger partial charge on any atom is -0.340 e. The van der Waals surface area contributed by atoms with Crippen LogP contribution in [0.15, 0.2) is 30.5 Å². The van der Waals surface area contributed by atoms with E-state index in [4.69, 9.17) is 5.26 Å². The Hall–Kier alpha value is -3.12. The second-order valence-electron chi connectivity index (χ2n) is 7.44. The molecule has 1 fully saturated rings. The molecule has 0 unspecified atom stereocenters. The zero-order valence-corrected chi connectivity index (χ0v) is 16.6. The Bertz CT molecular complexity index is 1100. The molecular formula is C21H21F3N6. The van der Waals surface area contributed by atoms with E-state index >= 15 is 0 Å². The lowest BCUT2D eigenvalue weighted by Gasteiger charge is -2.36. The molecule has 3 heterocycles. The molecular weight excluding hydrogens is 393 g/mol. The van der Waals surface area contributed by atoms with Gasteiger partial charge < -0.3 is 10.2 Å². The van der Waals surface area contributed by atoms with E-state index < -0.39 is 29.9 Å². The average molecular weight is 414 g/mol.